The van der Waals surface area contributed by atoms with E-state index in [1.807, 2.05) is 31.2 Å². The van der Waals surface area contributed by atoms with Gasteiger partial charge in [0.05, 0.1) is 23.5 Å². The van der Waals surface area contributed by atoms with Crippen LogP contribution in [0.3, 0.4) is 0 Å². The van der Waals surface area contributed by atoms with Crippen LogP contribution in [0.1, 0.15) is 29.6 Å². The molecule has 0 amide bonds. The minimum absolute atomic E-state index is 0.393. The zero-order valence-electron chi connectivity index (χ0n) is 14.2. The first-order valence-electron chi connectivity index (χ1n) is 7.60. The highest BCUT2D eigenvalue weighted by atomic mass is 32.1. The maximum absolute atomic E-state index is 5.88. The topological polar surface area (TPSA) is 89.8 Å². The van der Waals surface area contributed by atoms with E-state index in [1.165, 1.54) is 5.12 Å². The number of hydrazine groups is 1. The van der Waals surface area contributed by atoms with Gasteiger partial charge in [-0.05, 0) is 44.9 Å². The molecule has 0 aliphatic rings. The molecular formula is C17H23N5OS. The van der Waals surface area contributed by atoms with Gasteiger partial charge in [0.2, 0.25) is 0 Å². The van der Waals surface area contributed by atoms with E-state index in [0.717, 1.165) is 40.5 Å². The Labute approximate surface area is 146 Å². The number of aromatic nitrogens is 1. The number of aryl methyl sites for hydroxylation is 2. The number of anilines is 1. The lowest BCUT2D eigenvalue weighted by Gasteiger charge is -2.15. The number of ether oxygens (including phenoxy) is 1. The predicted molar refractivity (Wildman–Crippen MR) is 101 cm³/mol. The van der Waals surface area contributed by atoms with Gasteiger partial charge in [-0.1, -0.05) is 12.2 Å². The number of nitrogens with zero attached hydrogens (tertiary/aromatic N) is 3. The van der Waals surface area contributed by atoms with Crippen LogP contribution in [-0.2, 0) is 6.42 Å². The fourth-order valence-corrected chi connectivity index (χ4v) is 2.83. The van der Waals surface area contributed by atoms with Gasteiger partial charge >= 0.3 is 0 Å². The number of benzene rings is 1. The van der Waals surface area contributed by atoms with Gasteiger partial charge in [-0.2, -0.15) is 5.12 Å². The molecule has 2 rings (SSSR count). The fraction of sp³-hybridized carbons (Fsp3) is 0.294. The quantitative estimate of drug-likeness (QED) is 0.348. The molecule has 1 aromatic heterocycles. The Kier molecular flexibility index (Phi) is 6.34. The number of methoxy groups -OCH3 is 1. The second-order valence-electron chi connectivity index (χ2n) is 5.31. The first-order chi connectivity index (χ1) is 11.5. The largest absolute Gasteiger partial charge is 0.496 e. The van der Waals surface area contributed by atoms with E-state index < -0.39 is 0 Å². The van der Waals surface area contributed by atoms with Crippen LogP contribution >= 0.6 is 11.3 Å². The summed E-state index contributed by atoms with van der Waals surface area (Å²) in [5.41, 5.74) is 8.36. The van der Waals surface area contributed by atoms with Crippen LogP contribution in [0, 0.1) is 6.92 Å². The van der Waals surface area contributed by atoms with Gasteiger partial charge in [-0.15, -0.1) is 16.4 Å². The summed E-state index contributed by atoms with van der Waals surface area (Å²) in [5, 5.41) is 8.47. The molecule has 6 nitrogen and oxygen atoms in total. The summed E-state index contributed by atoms with van der Waals surface area (Å²) in [4.78, 5) is 4.46. The SMILES string of the molecule is COc1ccc(N(N)/N=C(/C)N)cc1/C=C/CCc1csc(C)n1. The first kappa shape index (κ1) is 18.0. The van der Waals surface area contributed by atoms with Gasteiger partial charge < -0.3 is 10.5 Å². The number of hydrogen-bond donors (Lipinski definition) is 2. The molecule has 0 radical (unpaired) electrons. The van der Waals surface area contributed by atoms with Crippen molar-refractivity contribution in [3.8, 4) is 5.75 Å². The molecule has 0 saturated heterocycles. The Morgan fingerprint density at radius 1 is 1.46 bits per heavy atom. The highest BCUT2D eigenvalue weighted by Gasteiger charge is 2.06. The molecule has 2 aromatic rings. The second-order valence-corrected chi connectivity index (χ2v) is 6.37. The minimum atomic E-state index is 0.393. The third-order valence-electron chi connectivity index (χ3n) is 3.27. The van der Waals surface area contributed by atoms with E-state index in [2.05, 4.69) is 21.5 Å². The highest BCUT2D eigenvalue weighted by molar-refractivity contribution is 7.09. The molecule has 7 heteroatoms. The maximum Gasteiger partial charge on any atom is 0.126 e. The lowest BCUT2D eigenvalue weighted by Crippen LogP contribution is -2.27. The van der Waals surface area contributed by atoms with Gasteiger partial charge in [0.15, 0.2) is 0 Å². The third kappa shape index (κ3) is 5.07. The lowest BCUT2D eigenvalue weighted by atomic mass is 10.1. The van der Waals surface area contributed by atoms with Crippen LogP contribution in [0.15, 0.2) is 34.8 Å². The van der Waals surface area contributed by atoms with Crippen LogP contribution in [0.5, 0.6) is 5.75 Å². The molecule has 0 fully saturated rings. The molecule has 4 N–H and O–H groups in total. The summed E-state index contributed by atoms with van der Waals surface area (Å²) >= 11 is 1.68. The Balaban J connectivity index is 2.09. The first-order valence-corrected chi connectivity index (χ1v) is 8.48. The Morgan fingerprint density at radius 2 is 2.25 bits per heavy atom. The lowest BCUT2D eigenvalue weighted by molar-refractivity contribution is 0.414. The van der Waals surface area contributed by atoms with Crippen molar-refractivity contribution >= 4 is 28.9 Å². The van der Waals surface area contributed by atoms with Crippen LogP contribution in [0.25, 0.3) is 6.08 Å². The molecule has 0 atom stereocenters. The number of hydrazone groups is 1. The molecule has 0 saturated carbocycles. The molecule has 0 spiro atoms. The summed E-state index contributed by atoms with van der Waals surface area (Å²) in [6, 6.07) is 5.61. The molecule has 0 unspecified atom stereocenters. The number of allylic oxidation sites excluding steroid dienone is 1. The highest BCUT2D eigenvalue weighted by Crippen LogP contribution is 2.25. The van der Waals surface area contributed by atoms with Gasteiger partial charge in [-0.3, -0.25) is 0 Å². The number of amidine groups is 1. The molecular weight excluding hydrogens is 322 g/mol. The fourth-order valence-electron chi connectivity index (χ4n) is 2.19. The van der Waals surface area contributed by atoms with E-state index in [-0.39, 0.29) is 0 Å². The molecule has 0 aliphatic carbocycles. The molecule has 1 aromatic carbocycles. The molecule has 24 heavy (non-hydrogen) atoms. The van der Waals surface area contributed by atoms with Crippen molar-refractivity contribution in [1.29, 1.82) is 0 Å². The van der Waals surface area contributed by atoms with E-state index in [0.29, 0.717) is 5.84 Å². The van der Waals surface area contributed by atoms with Gasteiger partial charge in [0.1, 0.15) is 11.6 Å². The zero-order valence-corrected chi connectivity index (χ0v) is 15.0. The van der Waals surface area contributed by atoms with Crippen LogP contribution in [0.2, 0.25) is 0 Å². The number of nitrogens with two attached hydrogens (primary N) is 2. The average Bonchev–Trinajstić information content (AvgIpc) is 2.96. The minimum Gasteiger partial charge on any atom is -0.496 e. The van der Waals surface area contributed by atoms with Crippen molar-refractivity contribution in [3.05, 3.63) is 45.9 Å². The monoisotopic (exact) mass is 345 g/mol. The summed E-state index contributed by atoms with van der Waals surface area (Å²) in [6.45, 7) is 3.70. The Bertz CT molecular complexity index is 734. The van der Waals surface area contributed by atoms with E-state index in [9.17, 15) is 0 Å². The van der Waals surface area contributed by atoms with Gasteiger partial charge in [-0.25, -0.2) is 10.8 Å². The summed E-state index contributed by atoms with van der Waals surface area (Å²) < 4.78 is 5.40. The second kappa shape index (κ2) is 8.47. The average molecular weight is 345 g/mol. The van der Waals surface area contributed by atoms with Crippen molar-refractivity contribution in [3.63, 3.8) is 0 Å². The number of hydrogen-bond acceptors (Lipinski definition) is 6. The zero-order chi connectivity index (χ0) is 17.5. The third-order valence-corrected chi connectivity index (χ3v) is 4.10. The van der Waals surface area contributed by atoms with Crippen LogP contribution < -0.4 is 21.4 Å². The maximum atomic E-state index is 5.88. The smallest absolute Gasteiger partial charge is 0.126 e. The van der Waals surface area contributed by atoms with E-state index >= 15 is 0 Å². The van der Waals surface area contributed by atoms with Crippen molar-refractivity contribution < 1.29 is 4.74 Å². The van der Waals surface area contributed by atoms with E-state index in [4.69, 9.17) is 16.3 Å². The molecule has 0 bridgehead atoms. The molecule has 128 valence electrons. The van der Waals surface area contributed by atoms with Crippen molar-refractivity contribution in [2.24, 2.45) is 16.7 Å². The summed E-state index contributed by atoms with van der Waals surface area (Å²) in [5.74, 6) is 7.05. The standard InChI is InChI=1S/C17H23N5OS/c1-12(18)21-22(19)16-8-9-17(23-3)14(10-16)6-4-5-7-15-11-24-13(2)20-15/h4,6,8-11H,5,7,19H2,1-3H3,(H2,18,21)/b6-4+. The molecule has 0 aliphatic heterocycles. The summed E-state index contributed by atoms with van der Waals surface area (Å²) in [6.07, 6.45) is 5.95. The van der Waals surface area contributed by atoms with Gasteiger partial charge in [0.25, 0.3) is 0 Å². The Morgan fingerprint density at radius 3 is 2.88 bits per heavy atom. The van der Waals surface area contributed by atoms with E-state index in [1.54, 1.807) is 25.4 Å². The van der Waals surface area contributed by atoms with Crippen molar-refractivity contribution in [2.45, 2.75) is 26.7 Å². The normalized spacial score (nSPS) is 11.9. The number of rotatable bonds is 7. The van der Waals surface area contributed by atoms with Crippen molar-refractivity contribution in [2.75, 3.05) is 12.2 Å². The van der Waals surface area contributed by atoms with Crippen molar-refractivity contribution in [1.82, 2.24) is 4.98 Å². The molecule has 1 heterocycles. The predicted octanol–water partition coefficient (Wildman–Crippen LogP) is 3.08. The van der Waals surface area contributed by atoms with Crippen LogP contribution in [-0.4, -0.2) is 17.9 Å². The summed E-state index contributed by atoms with van der Waals surface area (Å²) in [7, 11) is 1.65. The van der Waals surface area contributed by atoms with Crippen LogP contribution in [0.4, 0.5) is 5.69 Å². The van der Waals surface area contributed by atoms with Gasteiger partial charge in [0, 0.05) is 10.9 Å². The Hall–Kier alpha value is -2.38. The number of thiazole rings is 1.